The Balaban J connectivity index is 1.64. The Kier molecular flexibility index (Phi) is 7.28. The van der Waals surface area contributed by atoms with Gasteiger partial charge in [-0.3, -0.25) is 9.80 Å². The van der Waals surface area contributed by atoms with E-state index in [2.05, 4.69) is 106 Å². The van der Waals surface area contributed by atoms with Gasteiger partial charge in [0.1, 0.15) is 5.75 Å². The predicted octanol–water partition coefficient (Wildman–Crippen LogP) is 5.82. The third kappa shape index (κ3) is 6.44. The van der Waals surface area contributed by atoms with Crippen molar-refractivity contribution < 1.29 is 5.11 Å². The molecule has 0 aromatic heterocycles. The molecule has 1 saturated heterocycles. The average Bonchev–Trinajstić information content (AvgIpc) is 2.70. The Morgan fingerprint density at radius 2 is 1.45 bits per heavy atom. The molecule has 0 atom stereocenters. The number of aromatic hydroxyl groups is 1. The third-order valence-corrected chi connectivity index (χ3v) is 6.20. The fourth-order valence-electron chi connectivity index (χ4n) is 4.09. The molecule has 0 unspecified atom stereocenters. The van der Waals surface area contributed by atoms with Gasteiger partial charge >= 0.3 is 0 Å². The van der Waals surface area contributed by atoms with Gasteiger partial charge < -0.3 is 5.11 Å². The van der Waals surface area contributed by atoms with E-state index in [0.29, 0.717) is 5.75 Å². The summed E-state index contributed by atoms with van der Waals surface area (Å²) in [4.78, 5) is 4.98. The Hall–Kier alpha value is -2.10. The van der Waals surface area contributed by atoms with Crippen LogP contribution in [0, 0.1) is 0 Å². The summed E-state index contributed by atoms with van der Waals surface area (Å²) in [5.74, 6) is 0.480. The second-order valence-electron chi connectivity index (χ2n) is 10.9. The van der Waals surface area contributed by atoms with E-state index in [1.54, 1.807) is 0 Å². The van der Waals surface area contributed by atoms with E-state index < -0.39 is 0 Å². The van der Waals surface area contributed by atoms with E-state index in [-0.39, 0.29) is 10.8 Å². The molecule has 3 nitrogen and oxygen atoms in total. The molecule has 2 aromatic rings. The Labute approximate surface area is 189 Å². The summed E-state index contributed by atoms with van der Waals surface area (Å²) < 4.78 is 0. The van der Waals surface area contributed by atoms with Crippen LogP contribution >= 0.6 is 0 Å². The van der Waals surface area contributed by atoms with E-state index in [0.717, 1.165) is 50.4 Å². The lowest BCUT2D eigenvalue weighted by atomic mass is 9.79. The smallest absolute Gasteiger partial charge is 0.123 e. The van der Waals surface area contributed by atoms with Gasteiger partial charge in [0.15, 0.2) is 0 Å². The maximum atomic E-state index is 11.1. The number of piperazine rings is 1. The first kappa shape index (κ1) is 23.6. The maximum absolute atomic E-state index is 11.1. The number of phenols is 1. The summed E-state index contributed by atoms with van der Waals surface area (Å²) in [6.07, 6.45) is 4.47. The van der Waals surface area contributed by atoms with E-state index >= 15 is 0 Å². The fraction of sp³-hybridized carbons (Fsp3) is 0.500. The zero-order valence-electron chi connectivity index (χ0n) is 20.3. The van der Waals surface area contributed by atoms with Gasteiger partial charge in [-0.1, -0.05) is 96.2 Å². The molecule has 1 fully saturated rings. The second kappa shape index (κ2) is 9.58. The van der Waals surface area contributed by atoms with Gasteiger partial charge in [0.05, 0.1) is 0 Å². The highest BCUT2D eigenvalue weighted by Gasteiger charge is 2.26. The van der Waals surface area contributed by atoms with Crippen molar-refractivity contribution in [2.75, 3.05) is 32.7 Å². The Morgan fingerprint density at radius 1 is 0.839 bits per heavy atom. The highest BCUT2D eigenvalue weighted by molar-refractivity contribution is 5.49. The van der Waals surface area contributed by atoms with Crippen LogP contribution in [0.5, 0.6) is 5.75 Å². The molecular weight excluding hydrogens is 380 g/mol. The minimum Gasteiger partial charge on any atom is -0.507 e. The minimum atomic E-state index is -0.0795. The molecule has 1 N–H and O–H groups in total. The minimum absolute atomic E-state index is 0.0617. The molecule has 1 aliphatic rings. The van der Waals surface area contributed by atoms with Crippen molar-refractivity contribution in [3.8, 4) is 5.75 Å². The highest BCUT2D eigenvalue weighted by Crippen LogP contribution is 2.38. The number of rotatable bonds is 5. The van der Waals surface area contributed by atoms with Crippen LogP contribution in [0.4, 0.5) is 0 Å². The van der Waals surface area contributed by atoms with Gasteiger partial charge in [0.2, 0.25) is 0 Å². The van der Waals surface area contributed by atoms with Crippen molar-refractivity contribution in [2.45, 2.75) is 58.9 Å². The van der Waals surface area contributed by atoms with Crippen LogP contribution in [0.1, 0.15) is 63.8 Å². The Bertz CT molecular complexity index is 880. The fourth-order valence-corrected chi connectivity index (χ4v) is 4.09. The molecule has 3 heteroatoms. The normalized spacial score (nSPS) is 16.8. The molecule has 2 aromatic carbocycles. The molecule has 0 bridgehead atoms. The van der Waals surface area contributed by atoms with Gasteiger partial charge in [0.25, 0.3) is 0 Å². The molecule has 0 aliphatic carbocycles. The predicted molar refractivity (Wildman–Crippen MR) is 133 cm³/mol. The Morgan fingerprint density at radius 3 is 2.03 bits per heavy atom. The first-order valence-corrected chi connectivity index (χ1v) is 11.6. The number of phenolic OH excluding ortho intramolecular Hbond substituents is 1. The standard InChI is InChI=1S/C28H40N2O/c1-27(2,3)24-19-23(26(31)25(20-24)28(4,5)6)21-30-17-15-29(16-18-30)14-10-13-22-11-8-7-9-12-22/h7-13,19-20,31H,14-18,21H2,1-6H3/b13-10+. The van der Waals surface area contributed by atoms with Crippen LogP contribution in [0.3, 0.4) is 0 Å². The van der Waals surface area contributed by atoms with Crippen molar-refractivity contribution in [1.29, 1.82) is 0 Å². The number of hydrogen-bond donors (Lipinski definition) is 1. The summed E-state index contributed by atoms with van der Waals surface area (Å²) in [6.45, 7) is 19.3. The number of nitrogens with zero attached hydrogens (tertiary/aromatic N) is 2. The van der Waals surface area contributed by atoms with Gasteiger partial charge in [0, 0.05) is 44.8 Å². The number of benzene rings is 2. The first-order chi connectivity index (χ1) is 14.5. The lowest BCUT2D eigenvalue weighted by molar-refractivity contribution is 0.136. The highest BCUT2D eigenvalue weighted by atomic mass is 16.3. The van der Waals surface area contributed by atoms with Crippen molar-refractivity contribution in [3.63, 3.8) is 0 Å². The molecule has 1 aliphatic heterocycles. The second-order valence-corrected chi connectivity index (χ2v) is 10.9. The van der Waals surface area contributed by atoms with E-state index in [9.17, 15) is 5.11 Å². The van der Waals surface area contributed by atoms with E-state index in [1.807, 2.05) is 0 Å². The van der Waals surface area contributed by atoms with E-state index in [1.165, 1.54) is 11.1 Å². The molecule has 0 saturated carbocycles. The van der Waals surface area contributed by atoms with Gasteiger partial charge in [-0.2, -0.15) is 0 Å². The molecule has 1 heterocycles. The van der Waals surface area contributed by atoms with Crippen molar-refractivity contribution in [2.24, 2.45) is 0 Å². The molecule has 0 radical (unpaired) electrons. The summed E-state index contributed by atoms with van der Waals surface area (Å²) in [6, 6.07) is 14.9. The van der Waals surface area contributed by atoms with Crippen LogP contribution in [0.25, 0.3) is 6.08 Å². The van der Waals surface area contributed by atoms with Crippen LogP contribution < -0.4 is 0 Å². The number of hydrogen-bond acceptors (Lipinski definition) is 3. The van der Waals surface area contributed by atoms with Crippen molar-refractivity contribution >= 4 is 6.08 Å². The van der Waals surface area contributed by atoms with Crippen LogP contribution in [-0.4, -0.2) is 47.6 Å². The SMILES string of the molecule is CC(C)(C)c1cc(CN2CCN(C/C=C/c3ccccc3)CC2)c(O)c(C(C)(C)C)c1. The van der Waals surface area contributed by atoms with Crippen molar-refractivity contribution in [1.82, 2.24) is 9.80 Å². The summed E-state index contributed by atoms with van der Waals surface area (Å²) in [5.41, 5.74) is 4.66. The topological polar surface area (TPSA) is 26.7 Å². The quantitative estimate of drug-likeness (QED) is 0.660. The first-order valence-electron chi connectivity index (χ1n) is 11.6. The molecule has 3 rings (SSSR count). The zero-order valence-corrected chi connectivity index (χ0v) is 20.3. The van der Waals surface area contributed by atoms with Crippen LogP contribution in [0.2, 0.25) is 0 Å². The average molecular weight is 421 g/mol. The molecule has 168 valence electrons. The third-order valence-electron chi connectivity index (χ3n) is 6.20. The summed E-state index contributed by atoms with van der Waals surface area (Å²) >= 11 is 0. The lowest BCUT2D eigenvalue weighted by Gasteiger charge is -2.35. The van der Waals surface area contributed by atoms with Crippen LogP contribution in [-0.2, 0) is 17.4 Å². The maximum Gasteiger partial charge on any atom is 0.123 e. The molecule has 31 heavy (non-hydrogen) atoms. The van der Waals surface area contributed by atoms with Gasteiger partial charge in [-0.05, 0) is 27.5 Å². The zero-order chi connectivity index (χ0) is 22.6. The monoisotopic (exact) mass is 420 g/mol. The van der Waals surface area contributed by atoms with Crippen LogP contribution in [0.15, 0.2) is 48.5 Å². The summed E-state index contributed by atoms with van der Waals surface area (Å²) in [7, 11) is 0. The lowest BCUT2D eigenvalue weighted by Crippen LogP contribution is -2.45. The van der Waals surface area contributed by atoms with Crippen molar-refractivity contribution in [3.05, 3.63) is 70.8 Å². The molecule has 0 amide bonds. The largest absolute Gasteiger partial charge is 0.507 e. The summed E-state index contributed by atoms with van der Waals surface area (Å²) in [5, 5.41) is 11.1. The van der Waals surface area contributed by atoms with Gasteiger partial charge in [-0.25, -0.2) is 0 Å². The molecule has 0 spiro atoms. The van der Waals surface area contributed by atoms with Gasteiger partial charge in [-0.15, -0.1) is 0 Å². The molecular formula is C28H40N2O. The van der Waals surface area contributed by atoms with E-state index in [4.69, 9.17) is 0 Å².